The maximum Gasteiger partial charge on any atom is 0.358 e. The van der Waals surface area contributed by atoms with Crippen molar-refractivity contribution in [3.05, 3.63) is 29.6 Å². The summed E-state index contributed by atoms with van der Waals surface area (Å²) in [5.41, 5.74) is 0.545. The number of aromatic nitrogens is 3. The lowest BCUT2D eigenvalue weighted by molar-refractivity contribution is 0.0690. The summed E-state index contributed by atoms with van der Waals surface area (Å²) in [4.78, 5) is 11.2. The number of aromatic carboxylic acids is 1. The molecule has 2 aromatic rings. The molecule has 0 amide bonds. The topological polar surface area (TPSA) is 108 Å². The zero-order valence-corrected chi connectivity index (χ0v) is 14.8. The molecule has 1 aromatic carbocycles. The molecule has 0 radical (unpaired) electrons. The van der Waals surface area contributed by atoms with E-state index in [1.165, 1.54) is 32.2 Å². The lowest BCUT2D eigenvalue weighted by atomic mass is 10.1. The molecule has 2 N–H and O–H groups in total. The number of carbonyl (C=O) groups is 1. The third-order valence-corrected chi connectivity index (χ3v) is 3.70. The Morgan fingerprint density at radius 3 is 2.52 bits per heavy atom. The number of carboxylic acids is 1. The van der Waals surface area contributed by atoms with Crippen molar-refractivity contribution in [2.45, 2.75) is 6.54 Å². The van der Waals surface area contributed by atoms with Gasteiger partial charge in [-0.1, -0.05) is 17.4 Å². The zero-order chi connectivity index (χ0) is 18.4. The Bertz CT molecular complexity index is 777. The van der Waals surface area contributed by atoms with Gasteiger partial charge in [-0.05, 0) is 12.1 Å². The minimum absolute atomic E-state index is 0.107. The highest BCUT2D eigenvalue weighted by atomic mass is 32.1. The number of benzene rings is 1. The molecule has 9 nitrogen and oxygen atoms in total. The third-order valence-electron chi connectivity index (χ3n) is 3.33. The second-order valence-electron chi connectivity index (χ2n) is 4.81. The lowest BCUT2D eigenvalue weighted by Crippen LogP contribution is -2.27. The van der Waals surface area contributed by atoms with Gasteiger partial charge in [-0.3, -0.25) is 0 Å². The van der Waals surface area contributed by atoms with Gasteiger partial charge in [0.1, 0.15) is 4.99 Å². The van der Waals surface area contributed by atoms with Crippen LogP contribution in [0.25, 0.3) is 0 Å². The van der Waals surface area contributed by atoms with Gasteiger partial charge < -0.3 is 24.6 Å². The minimum atomic E-state index is -1.12. The first-order valence-corrected chi connectivity index (χ1v) is 7.63. The zero-order valence-electron chi connectivity index (χ0n) is 14.0. The maximum absolute atomic E-state index is 10.8. The fraction of sp³-hybridized carbons (Fsp3) is 0.333. The second kappa shape index (κ2) is 8.29. The van der Waals surface area contributed by atoms with Crippen molar-refractivity contribution in [2.75, 3.05) is 27.9 Å². The van der Waals surface area contributed by atoms with Crippen molar-refractivity contribution in [2.24, 2.45) is 0 Å². The van der Waals surface area contributed by atoms with Gasteiger partial charge in [0.2, 0.25) is 5.75 Å². The van der Waals surface area contributed by atoms with Gasteiger partial charge in [-0.15, -0.1) is 5.10 Å². The van der Waals surface area contributed by atoms with Crippen LogP contribution in [0.1, 0.15) is 16.1 Å². The van der Waals surface area contributed by atoms with E-state index in [1.807, 2.05) is 0 Å². The van der Waals surface area contributed by atoms with Crippen LogP contribution in [-0.4, -0.2) is 58.9 Å². The number of hydrogen-bond donors (Lipinski definition) is 2. The molecule has 1 aromatic heterocycles. The molecule has 0 aliphatic rings. The summed E-state index contributed by atoms with van der Waals surface area (Å²) in [6.45, 7) is 0.828. The van der Waals surface area contributed by atoms with E-state index in [4.69, 9.17) is 31.5 Å². The van der Waals surface area contributed by atoms with E-state index in [0.717, 1.165) is 0 Å². The number of carboxylic acid groups (broad SMARTS) is 1. The summed E-state index contributed by atoms with van der Waals surface area (Å²) in [6, 6.07) is 3.51. The molecule has 2 rings (SSSR count). The van der Waals surface area contributed by atoms with Gasteiger partial charge in [0, 0.05) is 6.54 Å². The molecule has 0 aliphatic heterocycles. The lowest BCUT2D eigenvalue weighted by Gasteiger charge is -2.16. The van der Waals surface area contributed by atoms with Gasteiger partial charge in [-0.2, -0.15) is 0 Å². The molecule has 0 atom stereocenters. The monoisotopic (exact) mass is 366 g/mol. The second-order valence-corrected chi connectivity index (χ2v) is 5.22. The van der Waals surface area contributed by atoms with Crippen LogP contribution in [0.4, 0.5) is 0 Å². The number of ether oxygens (including phenoxy) is 3. The van der Waals surface area contributed by atoms with E-state index < -0.39 is 5.97 Å². The predicted octanol–water partition coefficient (Wildman–Crippen LogP) is 0.967. The van der Waals surface area contributed by atoms with Crippen molar-refractivity contribution in [3.8, 4) is 17.2 Å². The predicted molar refractivity (Wildman–Crippen MR) is 92.8 cm³/mol. The van der Waals surface area contributed by atoms with E-state index in [2.05, 4.69) is 15.6 Å². The molecule has 0 spiro atoms. The Morgan fingerprint density at radius 2 is 1.96 bits per heavy atom. The summed E-state index contributed by atoms with van der Waals surface area (Å²) in [7, 11) is 4.58. The Morgan fingerprint density at radius 1 is 1.24 bits per heavy atom. The minimum Gasteiger partial charge on any atom is -0.493 e. The quantitative estimate of drug-likeness (QED) is 0.661. The first kappa shape index (κ1) is 18.5. The van der Waals surface area contributed by atoms with E-state index >= 15 is 0 Å². The summed E-state index contributed by atoms with van der Waals surface area (Å²) in [5.74, 6) is 0.335. The molecule has 0 saturated carbocycles. The number of methoxy groups -OCH3 is 3. The van der Waals surface area contributed by atoms with Crippen LogP contribution in [0, 0.1) is 0 Å². The fourth-order valence-electron chi connectivity index (χ4n) is 2.16. The smallest absolute Gasteiger partial charge is 0.358 e. The van der Waals surface area contributed by atoms with Gasteiger partial charge in [0.25, 0.3) is 0 Å². The van der Waals surface area contributed by atoms with Crippen LogP contribution in [0.2, 0.25) is 0 Å². The van der Waals surface area contributed by atoms with Crippen LogP contribution in [0.15, 0.2) is 18.3 Å². The molecule has 0 unspecified atom stereocenters. The van der Waals surface area contributed by atoms with Gasteiger partial charge >= 0.3 is 5.97 Å². The van der Waals surface area contributed by atoms with E-state index in [1.54, 1.807) is 12.1 Å². The van der Waals surface area contributed by atoms with E-state index in [9.17, 15) is 4.79 Å². The fourth-order valence-corrected chi connectivity index (χ4v) is 2.43. The van der Waals surface area contributed by atoms with Crippen LogP contribution in [-0.2, 0) is 6.54 Å². The van der Waals surface area contributed by atoms with Gasteiger partial charge in [-0.25, -0.2) is 9.48 Å². The summed E-state index contributed by atoms with van der Waals surface area (Å²) < 4.78 is 17.4. The highest BCUT2D eigenvalue weighted by molar-refractivity contribution is 7.80. The van der Waals surface area contributed by atoms with E-state index in [0.29, 0.717) is 40.9 Å². The molecule has 0 fully saturated rings. The number of nitrogens with one attached hydrogen (secondary N) is 1. The molecular weight excluding hydrogens is 348 g/mol. The summed E-state index contributed by atoms with van der Waals surface area (Å²) in [5, 5.41) is 19.2. The van der Waals surface area contributed by atoms with Crippen molar-refractivity contribution < 1.29 is 24.1 Å². The normalized spacial score (nSPS) is 10.2. The largest absolute Gasteiger partial charge is 0.493 e. The Hall–Kier alpha value is -2.88. The van der Waals surface area contributed by atoms with E-state index in [-0.39, 0.29) is 5.69 Å². The summed E-state index contributed by atoms with van der Waals surface area (Å²) in [6.07, 6.45) is 1.35. The third kappa shape index (κ3) is 4.15. The SMILES string of the molecule is COc1ccc(C(=S)NCCn2cc(C(=O)O)nn2)c(OC)c1OC. The summed E-state index contributed by atoms with van der Waals surface area (Å²) >= 11 is 5.40. The van der Waals surface area contributed by atoms with Crippen LogP contribution in [0.5, 0.6) is 17.2 Å². The molecule has 0 saturated heterocycles. The molecule has 25 heavy (non-hydrogen) atoms. The Kier molecular flexibility index (Phi) is 6.12. The molecule has 1 heterocycles. The van der Waals surface area contributed by atoms with Gasteiger partial charge in [0.15, 0.2) is 17.2 Å². The molecule has 0 aliphatic carbocycles. The van der Waals surface area contributed by atoms with Crippen molar-refractivity contribution in [1.82, 2.24) is 20.3 Å². The Labute approximate surface area is 149 Å². The number of rotatable bonds is 8. The Balaban J connectivity index is 2.06. The highest BCUT2D eigenvalue weighted by Gasteiger charge is 2.18. The first-order chi connectivity index (χ1) is 12.0. The van der Waals surface area contributed by atoms with Crippen molar-refractivity contribution in [3.63, 3.8) is 0 Å². The molecule has 134 valence electrons. The van der Waals surface area contributed by atoms with Crippen molar-refractivity contribution in [1.29, 1.82) is 0 Å². The molecular formula is C15H18N4O5S. The van der Waals surface area contributed by atoms with Crippen LogP contribution >= 0.6 is 12.2 Å². The van der Waals surface area contributed by atoms with Crippen LogP contribution < -0.4 is 19.5 Å². The number of thiocarbonyl (C=S) groups is 1. The molecule has 0 bridgehead atoms. The maximum atomic E-state index is 10.8. The number of hydrogen-bond acceptors (Lipinski definition) is 7. The first-order valence-electron chi connectivity index (χ1n) is 7.22. The number of nitrogens with zero attached hydrogens (tertiary/aromatic N) is 3. The van der Waals surface area contributed by atoms with Gasteiger partial charge in [0.05, 0.1) is 39.6 Å². The highest BCUT2D eigenvalue weighted by Crippen LogP contribution is 2.39. The standard InChI is InChI=1S/C15H18N4O5S/c1-22-11-5-4-9(12(23-2)13(11)24-3)14(25)16-6-7-19-8-10(15(20)21)17-18-19/h4-5,8H,6-7H2,1-3H3,(H,16,25)(H,20,21). The van der Waals surface area contributed by atoms with Crippen molar-refractivity contribution >= 4 is 23.2 Å². The average Bonchev–Trinajstić information content (AvgIpc) is 3.09. The van der Waals surface area contributed by atoms with Crippen LogP contribution in [0.3, 0.4) is 0 Å². The average molecular weight is 366 g/mol. The molecule has 10 heteroatoms.